The fraction of sp³-hybridized carbons (Fsp3) is 0.370. The third-order valence-corrected chi connectivity index (χ3v) is 7.09. The maximum atomic E-state index is 13.9. The largest absolute Gasteiger partial charge is 0.367 e. The molecule has 1 saturated carbocycles. The Morgan fingerprint density at radius 3 is 2.64 bits per heavy atom. The Balaban J connectivity index is 1.24. The van der Waals surface area contributed by atoms with Crippen molar-refractivity contribution in [2.45, 2.75) is 57.9 Å². The molecule has 5 rings (SSSR count). The van der Waals surface area contributed by atoms with Gasteiger partial charge >= 0.3 is 0 Å². The van der Waals surface area contributed by atoms with Gasteiger partial charge in [-0.25, -0.2) is 14.4 Å². The molecule has 2 aromatic carbocycles. The number of hydrogen-bond donors (Lipinski definition) is 1. The van der Waals surface area contributed by atoms with Crippen LogP contribution in [0.25, 0.3) is 21.8 Å². The molecule has 2 aromatic heterocycles. The summed E-state index contributed by atoms with van der Waals surface area (Å²) in [6, 6.07) is 13.4. The summed E-state index contributed by atoms with van der Waals surface area (Å²) in [5.41, 5.74) is 4.13. The van der Waals surface area contributed by atoms with E-state index in [4.69, 9.17) is 11.6 Å². The lowest BCUT2D eigenvalue weighted by Gasteiger charge is -2.31. The Morgan fingerprint density at radius 2 is 1.82 bits per heavy atom. The second-order valence-corrected chi connectivity index (χ2v) is 9.76. The highest BCUT2D eigenvalue weighted by Crippen LogP contribution is 2.40. The second-order valence-electron chi connectivity index (χ2n) is 9.42. The molecule has 1 fully saturated rings. The zero-order valence-corrected chi connectivity index (χ0v) is 19.7. The molecule has 170 valence electrons. The van der Waals surface area contributed by atoms with Crippen LogP contribution in [0.15, 0.2) is 48.7 Å². The number of fused-ring (bicyclic) bond motifs is 2. The molecule has 0 saturated heterocycles. The summed E-state index contributed by atoms with van der Waals surface area (Å²) < 4.78 is 13.9. The first-order valence-electron chi connectivity index (χ1n) is 11.7. The van der Waals surface area contributed by atoms with Crippen molar-refractivity contribution in [3.05, 3.63) is 70.9 Å². The van der Waals surface area contributed by atoms with Crippen LogP contribution in [-0.2, 0) is 0 Å². The summed E-state index contributed by atoms with van der Waals surface area (Å²) in [5, 5.41) is 5.80. The van der Waals surface area contributed by atoms with Crippen molar-refractivity contribution >= 4 is 39.2 Å². The van der Waals surface area contributed by atoms with E-state index < -0.39 is 0 Å². The zero-order valence-electron chi connectivity index (χ0n) is 19.0. The number of pyridine rings is 1. The summed E-state index contributed by atoms with van der Waals surface area (Å²) in [5.74, 6) is 1.72. The quantitative estimate of drug-likeness (QED) is 0.313. The lowest BCUT2D eigenvalue weighted by molar-refractivity contribution is 0.302. The van der Waals surface area contributed by atoms with Crippen molar-refractivity contribution in [1.29, 1.82) is 0 Å². The van der Waals surface area contributed by atoms with Gasteiger partial charge in [0.15, 0.2) is 0 Å². The molecule has 1 unspecified atom stereocenters. The number of hydrogen-bond acceptors (Lipinski definition) is 4. The molecular weight excluding hydrogens is 435 g/mol. The SMILES string of the molecule is Cc1ccc2c(NC(C)C[C@H]3CC[C@@H](c4ccnc5ccc(F)cc54)CC3)nc(Cl)nc2c1. The van der Waals surface area contributed by atoms with Crippen molar-refractivity contribution in [2.75, 3.05) is 5.32 Å². The first-order valence-corrected chi connectivity index (χ1v) is 12.1. The number of aryl methyl sites for hydroxylation is 1. The minimum absolute atomic E-state index is 0.196. The van der Waals surface area contributed by atoms with Crippen molar-refractivity contribution in [3.8, 4) is 0 Å². The highest BCUT2D eigenvalue weighted by atomic mass is 35.5. The van der Waals surface area contributed by atoms with Gasteiger partial charge in [0, 0.05) is 23.0 Å². The summed E-state index contributed by atoms with van der Waals surface area (Å²) >= 11 is 6.19. The van der Waals surface area contributed by atoms with Gasteiger partial charge in [-0.3, -0.25) is 4.98 Å². The van der Waals surface area contributed by atoms with Gasteiger partial charge in [0.05, 0.1) is 11.0 Å². The number of benzene rings is 2. The van der Waals surface area contributed by atoms with E-state index in [1.54, 1.807) is 12.1 Å². The normalized spacial score (nSPS) is 19.6. The van der Waals surface area contributed by atoms with Crippen molar-refractivity contribution in [3.63, 3.8) is 0 Å². The van der Waals surface area contributed by atoms with Crippen molar-refractivity contribution < 1.29 is 4.39 Å². The average molecular weight is 463 g/mol. The Labute approximate surface area is 198 Å². The summed E-state index contributed by atoms with van der Waals surface area (Å²) in [6.07, 6.45) is 7.50. The van der Waals surface area contributed by atoms with Crippen LogP contribution in [0.2, 0.25) is 5.28 Å². The number of anilines is 1. The van der Waals surface area contributed by atoms with E-state index in [1.165, 1.54) is 24.5 Å². The van der Waals surface area contributed by atoms with Gasteiger partial charge in [0.2, 0.25) is 5.28 Å². The molecule has 0 bridgehead atoms. The predicted molar refractivity (Wildman–Crippen MR) is 133 cm³/mol. The first kappa shape index (κ1) is 22.0. The zero-order chi connectivity index (χ0) is 22.9. The van der Waals surface area contributed by atoms with Gasteiger partial charge in [0.1, 0.15) is 11.6 Å². The second kappa shape index (κ2) is 9.22. The minimum atomic E-state index is -0.196. The maximum Gasteiger partial charge on any atom is 0.224 e. The molecule has 1 aliphatic carbocycles. The van der Waals surface area contributed by atoms with Crippen LogP contribution in [0.3, 0.4) is 0 Å². The number of nitrogens with one attached hydrogen (secondary N) is 1. The molecule has 0 amide bonds. The fourth-order valence-corrected chi connectivity index (χ4v) is 5.49. The number of rotatable bonds is 5. The number of nitrogens with zero attached hydrogens (tertiary/aromatic N) is 3. The van der Waals surface area contributed by atoms with E-state index in [1.807, 2.05) is 19.2 Å². The van der Waals surface area contributed by atoms with Gasteiger partial charge in [0.25, 0.3) is 0 Å². The van der Waals surface area contributed by atoms with Crippen LogP contribution < -0.4 is 5.32 Å². The van der Waals surface area contributed by atoms with E-state index in [0.717, 1.165) is 52.4 Å². The van der Waals surface area contributed by atoms with Crippen LogP contribution in [-0.4, -0.2) is 21.0 Å². The van der Waals surface area contributed by atoms with Crippen LogP contribution in [0.5, 0.6) is 0 Å². The van der Waals surface area contributed by atoms with Gasteiger partial charge in [-0.2, -0.15) is 0 Å². The van der Waals surface area contributed by atoms with E-state index in [2.05, 4.69) is 45.4 Å². The molecule has 0 spiro atoms. The standard InChI is InChI=1S/C27H28ClFN4/c1-16-3-9-22-25(13-16)32-27(28)33-26(22)31-17(2)14-18-4-6-19(7-5-18)21-11-12-30-24-10-8-20(29)15-23(21)24/h3,8-13,15,17-19H,4-7,14H2,1-2H3,(H,31,32,33)/t17?,18-,19+. The number of aromatic nitrogens is 3. The third kappa shape index (κ3) is 4.79. The molecule has 1 atom stereocenters. The summed E-state index contributed by atoms with van der Waals surface area (Å²) in [7, 11) is 0. The highest BCUT2D eigenvalue weighted by Gasteiger charge is 2.25. The Bertz CT molecular complexity index is 1300. The van der Waals surface area contributed by atoms with Gasteiger partial charge < -0.3 is 5.32 Å². The lowest BCUT2D eigenvalue weighted by Crippen LogP contribution is -2.23. The summed E-state index contributed by atoms with van der Waals surface area (Å²) in [6.45, 7) is 4.26. The monoisotopic (exact) mass is 462 g/mol. The molecule has 0 radical (unpaired) electrons. The molecule has 1 N–H and O–H groups in total. The van der Waals surface area contributed by atoms with Crippen molar-refractivity contribution in [2.24, 2.45) is 5.92 Å². The Morgan fingerprint density at radius 1 is 1.00 bits per heavy atom. The summed E-state index contributed by atoms with van der Waals surface area (Å²) in [4.78, 5) is 13.2. The van der Waals surface area contributed by atoms with Crippen LogP contribution in [0.1, 0.15) is 56.1 Å². The average Bonchev–Trinajstić information content (AvgIpc) is 2.78. The topological polar surface area (TPSA) is 50.7 Å². The predicted octanol–water partition coefficient (Wildman–Crippen LogP) is 7.44. The smallest absolute Gasteiger partial charge is 0.224 e. The van der Waals surface area contributed by atoms with Crippen LogP contribution in [0.4, 0.5) is 10.2 Å². The lowest BCUT2D eigenvalue weighted by atomic mass is 9.76. The Hall–Kier alpha value is -2.79. The fourth-order valence-electron chi connectivity index (χ4n) is 5.32. The van der Waals surface area contributed by atoms with Gasteiger partial charge in [-0.1, -0.05) is 6.07 Å². The Kier molecular flexibility index (Phi) is 6.15. The van der Waals surface area contributed by atoms with E-state index in [9.17, 15) is 4.39 Å². The molecule has 0 aliphatic heterocycles. The molecule has 33 heavy (non-hydrogen) atoms. The maximum absolute atomic E-state index is 13.9. The third-order valence-electron chi connectivity index (χ3n) is 6.92. The molecule has 4 nitrogen and oxygen atoms in total. The van der Waals surface area contributed by atoms with E-state index >= 15 is 0 Å². The first-order chi connectivity index (χ1) is 16.0. The van der Waals surface area contributed by atoms with Gasteiger partial charge in [-0.15, -0.1) is 0 Å². The van der Waals surface area contributed by atoms with Crippen molar-refractivity contribution in [1.82, 2.24) is 15.0 Å². The van der Waals surface area contributed by atoms with Crippen LogP contribution in [0, 0.1) is 18.7 Å². The highest BCUT2D eigenvalue weighted by molar-refractivity contribution is 6.28. The molecule has 6 heteroatoms. The minimum Gasteiger partial charge on any atom is -0.367 e. The van der Waals surface area contributed by atoms with Gasteiger partial charge in [-0.05, 0) is 117 Å². The molecule has 4 aromatic rings. The van der Waals surface area contributed by atoms with Crippen LogP contribution >= 0.6 is 11.6 Å². The molecule has 2 heterocycles. The molecule has 1 aliphatic rings. The number of halogens is 2. The van der Waals surface area contributed by atoms with E-state index in [0.29, 0.717) is 11.8 Å². The molecular formula is C27H28ClFN4. The van der Waals surface area contributed by atoms with E-state index in [-0.39, 0.29) is 17.1 Å².